The SMILES string of the molecule is CC(C)N(C(=O)CNCCCC(=O)O)C1CCCCC1. The van der Waals surface area contributed by atoms with Gasteiger partial charge in [0, 0.05) is 18.5 Å². The molecule has 20 heavy (non-hydrogen) atoms. The van der Waals surface area contributed by atoms with E-state index in [1.54, 1.807) is 0 Å². The van der Waals surface area contributed by atoms with Crippen molar-refractivity contribution in [2.75, 3.05) is 13.1 Å². The summed E-state index contributed by atoms with van der Waals surface area (Å²) in [6.07, 6.45) is 6.65. The van der Waals surface area contributed by atoms with Crippen LogP contribution in [0, 0.1) is 0 Å². The summed E-state index contributed by atoms with van der Waals surface area (Å²) in [6.45, 7) is 5.02. The van der Waals surface area contributed by atoms with E-state index in [0.717, 1.165) is 12.8 Å². The lowest BCUT2D eigenvalue weighted by molar-refractivity contribution is -0.137. The Hall–Kier alpha value is -1.10. The fraction of sp³-hybridized carbons (Fsp3) is 0.867. The average Bonchev–Trinajstić information content (AvgIpc) is 2.39. The summed E-state index contributed by atoms with van der Waals surface area (Å²) in [6, 6.07) is 0.614. The predicted octanol–water partition coefficient (Wildman–Crippen LogP) is 2.01. The van der Waals surface area contributed by atoms with Crippen molar-refractivity contribution in [2.45, 2.75) is 70.9 Å². The highest BCUT2D eigenvalue weighted by atomic mass is 16.4. The van der Waals surface area contributed by atoms with Crippen LogP contribution in [0.4, 0.5) is 0 Å². The number of amides is 1. The molecule has 2 N–H and O–H groups in total. The summed E-state index contributed by atoms with van der Waals surface area (Å²) in [5.74, 6) is -0.647. The molecule has 116 valence electrons. The second-order valence-corrected chi connectivity index (χ2v) is 5.86. The van der Waals surface area contributed by atoms with Crippen LogP contribution in [-0.4, -0.2) is 47.1 Å². The molecule has 0 heterocycles. The number of carbonyl (C=O) groups excluding carboxylic acids is 1. The van der Waals surface area contributed by atoms with Crippen molar-refractivity contribution >= 4 is 11.9 Å². The Morgan fingerprint density at radius 2 is 1.90 bits per heavy atom. The maximum absolute atomic E-state index is 12.3. The number of nitrogens with zero attached hydrogens (tertiary/aromatic N) is 1. The van der Waals surface area contributed by atoms with Crippen molar-refractivity contribution < 1.29 is 14.7 Å². The van der Waals surface area contributed by atoms with Crippen molar-refractivity contribution in [1.29, 1.82) is 0 Å². The molecule has 1 saturated carbocycles. The van der Waals surface area contributed by atoms with Crippen LogP contribution in [0.2, 0.25) is 0 Å². The predicted molar refractivity (Wildman–Crippen MR) is 78.6 cm³/mol. The van der Waals surface area contributed by atoms with E-state index in [4.69, 9.17) is 5.11 Å². The maximum atomic E-state index is 12.3. The zero-order chi connectivity index (χ0) is 15.0. The van der Waals surface area contributed by atoms with Gasteiger partial charge in [0.2, 0.25) is 5.91 Å². The highest BCUT2D eigenvalue weighted by Crippen LogP contribution is 2.24. The normalized spacial score (nSPS) is 16.4. The van der Waals surface area contributed by atoms with E-state index < -0.39 is 5.97 Å². The van der Waals surface area contributed by atoms with Crippen molar-refractivity contribution in [3.8, 4) is 0 Å². The summed E-state index contributed by atoms with van der Waals surface area (Å²) >= 11 is 0. The monoisotopic (exact) mass is 284 g/mol. The zero-order valence-corrected chi connectivity index (χ0v) is 12.7. The van der Waals surface area contributed by atoms with E-state index in [9.17, 15) is 9.59 Å². The van der Waals surface area contributed by atoms with Gasteiger partial charge in [0.05, 0.1) is 6.54 Å². The maximum Gasteiger partial charge on any atom is 0.303 e. The quantitative estimate of drug-likeness (QED) is 0.669. The molecule has 0 aromatic heterocycles. The summed E-state index contributed by atoms with van der Waals surface area (Å²) in [5, 5.41) is 11.6. The Balaban J connectivity index is 2.34. The Morgan fingerprint density at radius 1 is 1.25 bits per heavy atom. The van der Waals surface area contributed by atoms with Gasteiger partial charge in [-0.05, 0) is 39.7 Å². The molecule has 1 fully saturated rings. The van der Waals surface area contributed by atoms with Gasteiger partial charge in [-0.3, -0.25) is 9.59 Å². The van der Waals surface area contributed by atoms with Gasteiger partial charge in [-0.15, -0.1) is 0 Å². The van der Waals surface area contributed by atoms with Gasteiger partial charge in [-0.25, -0.2) is 0 Å². The fourth-order valence-electron chi connectivity index (χ4n) is 2.92. The van der Waals surface area contributed by atoms with Crippen molar-refractivity contribution in [1.82, 2.24) is 10.2 Å². The zero-order valence-electron chi connectivity index (χ0n) is 12.7. The lowest BCUT2D eigenvalue weighted by Gasteiger charge is -2.37. The van der Waals surface area contributed by atoms with Gasteiger partial charge >= 0.3 is 5.97 Å². The molecule has 1 aliphatic rings. The fourth-order valence-corrected chi connectivity index (χ4v) is 2.92. The number of hydrogen-bond donors (Lipinski definition) is 2. The third-order valence-corrected chi connectivity index (χ3v) is 3.83. The lowest BCUT2D eigenvalue weighted by Crippen LogP contribution is -2.49. The minimum Gasteiger partial charge on any atom is -0.481 e. The largest absolute Gasteiger partial charge is 0.481 e. The van der Waals surface area contributed by atoms with Crippen molar-refractivity contribution in [2.24, 2.45) is 0 Å². The Kier molecular flexibility index (Phi) is 7.59. The van der Waals surface area contributed by atoms with Crippen LogP contribution >= 0.6 is 0 Å². The summed E-state index contributed by atoms with van der Waals surface area (Å²) in [7, 11) is 0. The van der Waals surface area contributed by atoms with Crippen molar-refractivity contribution in [3.63, 3.8) is 0 Å². The number of hydrogen-bond acceptors (Lipinski definition) is 3. The van der Waals surface area contributed by atoms with E-state index in [0.29, 0.717) is 25.6 Å². The average molecular weight is 284 g/mol. The van der Waals surface area contributed by atoms with Gasteiger partial charge in [0.1, 0.15) is 0 Å². The van der Waals surface area contributed by atoms with Gasteiger partial charge in [-0.1, -0.05) is 19.3 Å². The van der Waals surface area contributed by atoms with E-state index in [1.807, 2.05) is 4.90 Å². The molecule has 0 aromatic carbocycles. The molecule has 0 unspecified atom stereocenters. The van der Waals surface area contributed by atoms with Crippen LogP contribution in [0.25, 0.3) is 0 Å². The molecule has 5 heteroatoms. The molecule has 0 atom stereocenters. The van der Waals surface area contributed by atoms with E-state index >= 15 is 0 Å². The summed E-state index contributed by atoms with van der Waals surface area (Å²) in [5.41, 5.74) is 0. The molecule has 5 nitrogen and oxygen atoms in total. The molecule has 0 bridgehead atoms. The van der Waals surface area contributed by atoms with Crippen LogP contribution in [0.3, 0.4) is 0 Å². The van der Waals surface area contributed by atoms with Gasteiger partial charge in [0.15, 0.2) is 0 Å². The second-order valence-electron chi connectivity index (χ2n) is 5.86. The van der Waals surface area contributed by atoms with Crippen LogP contribution in [0.1, 0.15) is 58.8 Å². The highest BCUT2D eigenvalue weighted by molar-refractivity contribution is 5.79. The first-order chi connectivity index (χ1) is 9.52. The molecular formula is C15H28N2O3. The minimum absolute atomic E-state index is 0.141. The van der Waals surface area contributed by atoms with Crippen LogP contribution in [0.5, 0.6) is 0 Å². The molecule has 0 radical (unpaired) electrons. The molecule has 0 aliphatic heterocycles. The smallest absolute Gasteiger partial charge is 0.303 e. The van der Waals surface area contributed by atoms with Crippen LogP contribution in [-0.2, 0) is 9.59 Å². The number of carboxylic acids is 1. The number of aliphatic carboxylic acids is 1. The Bertz CT molecular complexity index is 312. The van der Waals surface area contributed by atoms with E-state index in [-0.39, 0.29) is 18.4 Å². The molecular weight excluding hydrogens is 256 g/mol. The topological polar surface area (TPSA) is 69.6 Å². The Labute approximate surface area is 121 Å². The number of nitrogens with one attached hydrogen (secondary N) is 1. The molecule has 0 aromatic rings. The summed E-state index contributed by atoms with van der Waals surface area (Å²) in [4.78, 5) is 24.7. The highest BCUT2D eigenvalue weighted by Gasteiger charge is 2.26. The first kappa shape index (κ1) is 17.0. The molecule has 0 spiro atoms. The number of carboxylic acid groups (broad SMARTS) is 1. The second kappa shape index (κ2) is 8.95. The lowest BCUT2D eigenvalue weighted by atomic mass is 9.93. The molecule has 1 aliphatic carbocycles. The van der Waals surface area contributed by atoms with E-state index in [2.05, 4.69) is 19.2 Å². The first-order valence-corrected chi connectivity index (χ1v) is 7.76. The molecule has 1 rings (SSSR count). The minimum atomic E-state index is -0.788. The van der Waals surface area contributed by atoms with Crippen LogP contribution in [0.15, 0.2) is 0 Å². The van der Waals surface area contributed by atoms with Crippen molar-refractivity contribution in [3.05, 3.63) is 0 Å². The molecule has 1 amide bonds. The Morgan fingerprint density at radius 3 is 2.45 bits per heavy atom. The molecule has 0 saturated heterocycles. The van der Waals surface area contributed by atoms with Gasteiger partial charge in [0.25, 0.3) is 0 Å². The number of rotatable bonds is 8. The first-order valence-electron chi connectivity index (χ1n) is 7.76. The third-order valence-electron chi connectivity index (χ3n) is 3.83. The van der Waals surface area contributed by atoms with Gasteiger partial charge < -0.3 is 15.3 Å². The summed E-state index contributed by atoms with van der Waals surface area (Å²) < 4.78 is 0. The third kappa shape index (κ3) is 5.90. The van der Waals surface area contributed by atoms with E-state index in [1.165, 1.54) is 19.3 Å². The van der Waals surface area contributed by atoms with Gasteiger partial charge in [-0.2, -0.15) is 0 Å². The number of carbonyl (C=O) groups is 2. The standard InChI is InChI=1S/C15H28N2O3/c1-12(2)17(13-7-4-3-5-8-13)14(18)11-16-10-6-9-15(19)20/h12-13,16H,3-11H2,1-2H3,(H,19,20). The van der Waals surface area contributed by atoms with Crippen LogP contribution < -0.4 is 5.32 Å².